The van der Waals surface area contributed by atoms with Gasteiger partial charge in [0.2, 0.25) is 5.91 Å². The maximum atomic E-state index is 13.1. The van der Waals surface area contributed by atoms with Gasteiger partial charge in [0.25, 0.3) is 0 Å². The maximum absolute atomic E-state index is 13.1. The number of nitrogens with one attached hydrogen (secondary N) is 1. The van der Waals surface area contributed by atoms with E-state index in [1.807, 2.05) is 23.0 Å². The van der Waals surface area contributed by atoms with Crippen molar-refractivity contribution < 1.29 is 13.6 Å². The van der Waals surface area contributed by atoms with Crippen molar-refractivity contribution in [3.63, 3.8) is 0 Å². The van der Waals surface area contributed by atoms with Crippen LogP contribution in [0.3, 0.4) is 0 Å². The molecule has 1 amide bonds. The zero-order valence-electron chi connectivity index (χ0n) is 16.6. The van der Waals surface area contributed by atoms with Gasteiger partial charge in [-0.25, -0.2) is 4.39 Å². The summed E-state index contributed by atoms with van der Waals surface area (Å²) in [6, 6.07) is 10.3. The van der Waals surface area contributed by atoms with E-state index in [1.165, 1.54) is 12.1 Å². The number of carbonyl (C=O) groups excluding carboxylic acids is 1. The fraction of sp³-hybridized carbons (Fsp3) is 0.409. The molecule has 1 aromatic carbocycles. The van der Waals surface area contributed by atoms with Crippen LogP contribution in [0.1, 0.15) is 18.6 Å². The normalized spacial score (nSPS) is 25.4. The Bertz CT molecular complexity index is 1000. The van der Waals surface area contributed by atoms with E-state index in [4.69, 9.17) is 4.42 Å². The third-order valence-electron chi connectivity index (χ3n) is 6.31. The summed E-state index contributed by atoms with van der Waals surface area (Å²) in [6.45, 7) is 2.96. The number of hydrogen-bond donors (Lipinski definition) is 1. The SMILES string of the molecule is O=C(NCc1ccco1)[C@H]1CN2CCC1C[C@@H]2Cn1cc(-c2ccc(F)cc2)nn1. The standard InChI is InChI=1S/C22H24FN5O2/c23-17-5-3-15(4-6-17)21-14-28(26-25-21)12-18-10-16-7-8-27(18)13-20(16)22(29)24-11-19-2-1-9-30-19/h1-6,9,14,16,18,20H,7-8,10-13H2,(H,24,29)/t16?,18-,20+/m1/s1. The molecule has 0 saturated carbocycles. The minimum atomic E-state index is -0.264. The molecule has 2 unspecified atom stereocenters. The van der Waals surface area contributed by atoms with Gasteiger partial charge in [0.1, 0.15) is 17.3 Å². The van der Waals surface area contributed by atoms with Gasteiger partial charge in [-0.3, -0.25) is 14.4 Å². The molecule has 4 atom stereocenters. The monoisotopic (exact) mass is 409 g/mol. The molecule has 6 rings (SSSR count). The Hall–Kier alpha value is -3.00. The second-order valence-corrected chi connectivity index (χ2v) is 8.17. The second-order valence-electron chi connectivity index (χ2n) is 8.17. The minimum absolute atomic E-state index is 0.0236. The third kappa shape index (κ3) is 3.87. The number of rotatable bonds is 6. The van der Waals surface area contributed by atoms with E-state index in [1.54, 1.807) is 18.4 Å². The lowest BCUT2D eigenvalue weighted by Gasteiger charge is -2.49. The van der Waals surface area contributed by atoms with Crippen LogP contribution in [0.5, 0.6) is 0 Å². The van der Waals surface area contributed by atoms with Crippen LogP contribution in [-0.4, -0.2) is 44.9 Å². The smallest absolute Gasteiger partial charge is 0.225 e. The molecule has 2 bridgehead atoms. The van der Waals surface area contributed by atoms with E-state index in [-0.39, 0.29) is 17.6 Å². The number of fused-ring (bicyclic) bond motifs is 3. The zero-order valence-corrected chi connectivity index (χ0v) is 16.6. The molecule has 156 valence electrons. The van der Waals surface area contributed by atoms with Crippen molar-refractivity contribution in [3.05, 3.63) is 60.4 Å². The van der Waals surface area contributed by atoms with E-state index in [0.717, 1.165) is 49.5 Å². The fourth-order valence-corrected chi connectivity index (χ4v) is 4.70. The highest BCUT2D eigenvalue weighted by Gasteiger charge is 2.43. The number of benzene rings is 1. The van der Waals surface area contributed by atoms with Gasteiger partial charge in [0, 0.05) is 18.2 Å². The van der Waals surface area contributed by atoms with Crippen molar-refractivity contribution >= 4 is 5.91 Å². The highest BCUT2D eigenvalue weighted by molar-refractivity contribution is 5.79. The van der Waals surface area contributed by atoms with Crippen molar-refractivity contribution in [3.8, 4) is 11.3 Å². The summed E-state index contributed by atoms with van der Waals surface area (Å²) in [5, 5.41) is 11.5. The Morgan fingerprint density at radius 1 is 1.27 bits per heavy atom. The molecule has 30 heavy (non-hydrogen) atoms. The number of aromatic nitrogens is 3. The zero-order chi connectivity index (χ0) is 20.5. The van der Waals surface area contributed by atoms with Crippen LogP contribution in [0.2, 0.25) is 0 Å². The van der Waals surface area contributed by atoms with Gasteiger partial charge in [-0.05, 0) is 61.7 Å². The summed E-state index contributed by atoms with van der Waals surface area (Å²) in [5.41, 5.74) is 1.59. The minimum Gasteiger partial charge on any atom is -0.467 e. The molecular weight excluding hydrogens is 385 g/mol. The molecule has 8 heteroatoms. The van der Waals surface area contributed by atoms with E-state index < -0.39 is 0 Å². The molecule has 3 fully saturated rings. The average Bonchev–Trinajstić information content (AvgIpc) is 3.45. The largest absolute Gasteiger partial charge is 0.467 e. The first kappa shape index (κ1) is 19.0. The number of hydrogen-bond acceptors (Lipinski definition) is 5. The highest BCUT2D eigenvalue weighted by atomic mass is 19.1. The molecule has 3 aliphatic heterocycles. The Kier molecular flexibility index (Phi) is 5.08. The molecule has 3 saturated heterocycles. The van der Waals surface area contributed by atoms with Crippen molar-refractivity contribution in [2.75, 3.05) is 13.1 Å². The first-order valence-electron chi connectivity index (χ1n) is 10.4. The molecule has 0 spiro atoms. The van der Waals surface area contributed by atoms with Crippen LogP contribution >= 0.6 is 0 Å². The summed E-state index contributed by atoms with van der Waals surface area (Å²) < 4.78 is 20.3. The van der Waals surface area contributed by atoms with Crippen molar-refractivity contribution in [2.45, 2.75) is 32.0 Å². The van der Waals surface area contributed by atoms with Gasteiger partial charge in [0.15, 0.2) is 0 Å². The molecule has 1 N–H and O–H groups in total. The quantitative estimate of drug-likeness (QED) is 0.678. The summed E-state index contributed by atoms with van der Waals surface area (Å²) >= 11 is 0. The van der Waals surface area contributed by atoms with Crippen LogP contribution in [0.15, 0.2) is 53.3 Å². The lowest BCUT2D eigenvalue weighted by molar-refractivity contribution is -0.133. The molecule has 2 aromatic heterocycles. The number of piperidine rings is 3. The molecule has 0 aliphatic carbocycles. The molecule has 0 radical (unpaired) electrons. The molecular formula is C22H24FN5O2. The fourth-order valence-electron chi connectivity index (χ4n) is 4.70. The Balaban J connectivity index is 1.19. The van der Waals surface area contributed by atoms with E-state index in [2.05, 4.69) is 20.5 Å². The highest BCUT2D eigenvalue weighted by Crippen LogP contribution is 2.37. The van der Waals surface area contributed by atoms with Crippen LogP contribution in [0.25, 0.3) is 11.3 Å². The van der Waals surface area contributed by atoms with Gasteiger partial charge < -0.3 is 9.73 Å². The topological polar surface area (TPSA) is 76.2 Å². The van der Waals surface area contributed by atoms with E-state index in [9.17, 15) is 9.18 Å². The number of carbonyl (C=O) groups is 1. The van der Waals surface area contributed by atoms with Gasteiger partial charge >= 0.3 is 0 Å². The average molecular weight is 409 g/mol. The van der Waals surface area contributed by atoms with E-state index in [0.29, 0.717) is 18.5 Å². The number of nitrogens with zero attached hydrogens (tertiary/aromatic N) is 4. The summed E-state index contributed by atoms with van der Waals surface area (Å²) in [7, 11) is 0. The summed E-state index contributed by atoms with van der Waals surface area (Å²) in [5.74, 6) is 1.02. The van der Waals surface area contributed by atoms with Crippen LogP contribution in [-0.2, 0) is 17.9 Å². The van der Waals surface area contributed by atoms with Gasteiger partial charge in [-0.15, -0.1) is 5.10 Å². The van der Waals surface area contributed by atoms with Crippen molar-refractivity contribution in [1.29, 1.82) is 0 Å². The number of amides is 1. The van der Waals surface area contributed by atoms with Gasteiger partial charge in [-0.2, -0.15) is 0 Å². The number of furan rings is 1. The lowest BCUT2D eigenvalue weighted by atomic mass is 9.75. The molecule has 3 aliphatic rings. The van der Waals surface area contributed by atoms with Crippen molar-refractivity contribution in [1.82, 2.24) is 25.2 Å². The summed E-state index contributed by atoms with van der Waals surface area (Å²) in [6.07, 6.45) is 5.55. The molecule has 7 nitrogen and oxygen atoms in total. The molecule has 3 aromatic rings. The Morgan fingerprint density at radius 2 is 2.13 bits per heavy atom. The first-order chi connectivity index (χ1) is 14.7. The maximum Gasteiger partial charge on any atom is 0.225 e. The van der Waals surface area contributed by atoms with Crippen LogP contribution in [0.4, 0.5) is 4.39 Å². The second kappa shape index (κ2) is 8.02. The van der Waals surface area contributed by atoms with Crippen molar-refractivity contribution in [2.24, 2.45) is 11.8 Å². The van der Waals surface area contributed by atoms with Gasteiger partial charge in [-0.1, -0.05) is 5.21 Å². The van der Waals surface area contributed by atoms with E-state index >= 15 is 0 Å². The number of halogens is 1. The van der Waals surface area contributed by atoms with Gasteiger partial charge in [0.05, 0.1) is 31.5 Å². The van der Waals surface area contributed by atoms with Crippen LogP contribution < -0.4 is 5.32 Å². The Labute approximate surface area is 173 Å². The predicted octanol–water partition coefficient (Wildman–Crippen LogP) is 2.70. The predicted molar refractivity (Wildman–Crippen MR) is 108 cm³/mol. The summed E-state index contributed by atoms with van der Waals surface area (Å²) in [4.78, 5) is 15.1. The van der Waals surface area contributed by atoms with Crippen LogP contribution in [0, 0.1) is 17.7 Å². The lowest BCUT2D eigenvalue weighted by Crippen LogP contribution is -2.57. The third-order valence-corrected chi connectivity index (χ3v) is 6.31. The Morgan fingerprint density at radius 3 is 2.87 bits per heavy atom. The molecule has 5 heterocycles. The first-order valence-corrected chi connectivity index (χ1v) is 10.4.